The number of nitrogens with one attached hydrogen (secondary N) is 1. The lowest BCUT2D eigenvalue weighted by Crippen LogP contribution is -2.54. The van der Waals surface area contributed by atoms with E-state index in [9.17, 15) is 29.5 Å². The Labute approximate surface area is 161 Å². The summed E-state index contributed by atoms with van der Waals surface area (Å²) >= 11 is 0. The summed E-state index contributed by atoms with van der Waals surface area (Å²) in [7, 11) is -3.72. The molecule has 0 aromatic heterocycles. The molecule has 0 bridgehead atoms. The minimum atomic E-state index is -3.72. The summed E-state index contributed by atoms with van der Waals surface area (Å²) in [4.78, 5) is 32.7. The van der Waals surface area contributed by atoms with E-state index in [1.165, 1.54) is 0 Å². The number of hydrogen-bond donors (Lipinski definition) is 4. The maximum absolute atomic E-state index is 12.6. The van der Waals surface area contributed by atoms with Gasteiger partial charge in [-0.15, -0.1) is 0 Å². The SMILES string of the molecule is CP(=O)(O)C(O)CNCN(O)C(=O)C1(CN=O)COC(c2ccccc2)OC1. The first-order valence-electron chi connectivity index (χ1n) is 8.46. The lowest BCUT2D eigenvalue weighted by molar-refractivity contribution is -0.243. The summed E-state index contributed by atoms with van der Waals surface area (Å²) in [5.74, 6) is -2.40. The van der Waals surface area contributed by atoms with Crippen LogP contribution in [0.1, 0.15) is 11.9 Å². The van der Waals surface area contributed by atoms with Gasteiger partial charge in [-0.1, -0.05) is 35.5 Å². The first kappa shape index (κ1) is 22.6. The van der Waals surface area contributed by atoms with Crippen LogP contribution in [0.3, 0.4) is 0 Å². The van der Waals surface area contributed by atoms with Crippen molar-refractivity contribution in [3.63, 3.8) is 0 Å². The number of benzene rings is 1. The molecule has 1 aromatic rings. The van der Waals surface area contributed by atoms with Gasteiger partial charge in [0, 0.05) is 18.8 Å². The third kappa shape index (κ3) is 5.65. The third-order valence-electron chi connectivity index (χ3n) is 4.29. The predicted molar refractivity (Wildman–Crippen MR) is 97.4 cm³/mol. The zero-order valence-electron chi connectivity index (χ0n) is 15.3. The van der Waals surface area contributed by atoms with Gasteiger partial charge in [0.15, 0.2) is 6.29 Å². The molecule has 4 N–H and O–H groups in total. The Morgan fingerprint density at radius 3 is 2.54 bits per heavy atom. The standard InChI is InChI=1S/C16H24N3O8P/c1-28(24,25)13(20)7-17-11-19(23)15(21)16(8-18-22)9-26-14(27-10-16)12-5-3-2-4-6-12/h2-6,13-14,17,20,23H,7-11H2,1H3,(H,24,25). The largest absolute Gasteiger partial charge is 0.382 e. The second kappa shape index (κ2) is 9.66. The van der Waals surface area contributed by atoms with Crippen LogP contribution in [0.15, 0.2) is 35.5 Å². The van der Waals surface area contributed by atoms with Crippen LogP contribution < -0.4 is 5.32 Å². The highest BCUT2D eigenvalue weighted by Crippen LogP contribution is 2.39. The van der Waals surface area contributed by atoms with Gasteiger partial charge in [0.05, 0.1) is 19.9 Å². The van der Waals surface area contributed by atoms with Crippen molar-refractivity contribution >= 4 is 13.3 Å². The number of rotatable bonds is 9. The first-order chi connectivity index (χ1) is 13.2. The number of nitroso groups, excluding NO2 is 1. The summed E-state index contributed by atoms with van der Waals surface area (Å²) in [5, 5.41) is 25.1. The van der Waals surface area contributed by atoms with Gasteiger partial charge in [-0.05, 0) is 0 Å². The molecule has 0 saturated carbocycles. The lowest BCUT2D eigenvalue weighted by atomic mass is 9.88. The molecule has 1 amide bonds. The quantitative estimate of drug-likeness (QED) is 0.147. The van der Waals surface area contributed by atoms with Gasteiger partial charge in [0.2, 0.25) is 7.37 Å². The lowest BCUT2D eigenvalue weighted by Gasteiger charge is -2.38. The number of aliphatic hydroxyl groups excluding tert-OH is 1. The van der Waals surface area contributed by atoms with Crippen molar-refractivity contribution in [1.29, 1.82) is 0 Å². The number of hydroxylamine groups is 2. The Morgan fingerprint density at radius 1 is 1.39 bits per heavy atom. The van der Waals surface area contributed by atoms with Crippen LogP contribution in [-0.4, -0.2) is 71.7 Å². The zero-order chi connectivity index (χ0) is 20.8. The van der Waals surface area contributed by atoms with Crippen molar-refractivity contribution in [2.24, 2.45) is 10.6 Å². The maximum Gasteiger partial charge on any atom is 0.260 e. The molecule has 1 heterocycles. The summed E-state index contributed by atoms with van der Waals surface area (Å²) in [5.41, 5.74) is -0.758. The molecule has 11 nitrogen and oxygen atoms in total. The van der Waals surface area contributed by atoms with E-state index in [1.807, 2.05) is 6.07 Å². The minimum absolute atomic E-state index is 0.197. The molecule has 0 spiro atoms. The molecule has 1 fully saturated rings. The minimum Gasteiger partial charge on any atom is -0.382 e. The van der Waals surface area contributed by atoms with E-state index in [0.717, 1.165) is 12.2 Å². The highest BCUT2D eigenvalue weighted by molar-refractivity contribution is 7.57. The molecule has 0 radical (unpaired) electrons. The van der Waals surface area contributed by atoms with Crippen molar-refractivity contribution in [2.75, 3.05) is 39.6 Å². The highest BCUT2D eigenvalue weighted by atomic mass is 31.2. The van der Waals surface area contributed by atoms with Crippen LogP contribution in [0.25, 0.3) is 0 Å². The average Bonchev–Trinajstić information content (AvgIpc) is 2.68. The molecule has 2 unspecified atom stereocenters. The van der Waals surface area contributed by atoms with Crippen LogP contribution in [0.5, 0.6) is 0 Å². The number of carbonyl (C=O) groups is 1. The van der Waals surface area contributed by atoms with Gasteiger partial charge in [0.25, 0.3) is 5.91 Å². The zero-order valence-corrected chi connectivity index (χ0v) is 16.2. The monoisotopic (exact) mass is 417 g/mol. The Bertz CT molecular complexity index is 705. The van der Waals surface area contributed by atoms with Gasteiger partial charge in [-0.2, -0.15) is 4.91 Å². The third-order valence-corrected chi connectivity index (χ3v) is 5.58. The van der Waals surface area contributed by atoms with Gasteiger partial charge in [-0.3, -0.25) is 19.9 Å². The Balaban J connectivity index is 1.96. The second-order valence-corrected chi connectivity index (χ2v) is 9.16. The van der Waals surface area contributed by atoms with Gasteiger partial charge < -0.3 is 19.5 Å². The molecule has 2 atom stereocenters. The summed E-state index contributed by atoms with van der Waals surface area (Å²) in [6.07, 6.45) is -0.711. The molecule has 28 heavy (non-hydrogen) atoms. The molecular formula is C16H24N3O8P. The number of amides is 1. The van der Waals surface area contributed by atoms with E-state index in [4.69, 9.17) is 9.47 Å². The van der Waals surface area contributed by atoms with Crippen molar-refractivity contribution in [3.05, 3.63) is 40.8 Å². The molecule has 2 rings (SSSR count). The Morgan fingerprint density at radius 2 is 2.00 bits per heavy atom. The fourth-order valence-electron chi connectivity index (χ4n) is 2.58. The first-order valence-corrected chi connectivity index (χ1v) is 10.6. The smallest absolute Gasteiger partial charge is 0.260 e. The van der Waals surface area contributed by atoms with Crippen LogP contribution in [0.4, 0.5) is 0 Å². The molecule has 12 heteroatoms. The highest BCUT2D eigenvalue weighted by Gasteiger charge is 2.47. The second-order valence-electron chi connectivity index (χ2n) is 6.67. The number of carbonyl (C=O) groups excluding carboxylic acids is 1. The topological polar surface area (TPSA) is 158 Å². The van der Waals surface area contributed by atoms with Crippen LogP contribution >= 0.6 is 7.37 Å². The molecule has 0 aliphatic carbocycles. The van der Waals surface area contributed by atoms with Crippen LogP contribution in [-0.2, 0) is 18.8 Å². The molecule has 1 aliphatic heterocycles. The molecule has 156 valence electrons. The van der Waals surface area contributed by atoms with E-state index < -0.39 is 44.0 Å². The average molecular weight is 417 g/mol. The molecule has 1 aromatic carbocycles. The van der Waals surface area contributed by atoms with Crippen molar-refractivity contribution < 1.29 is 34.0 Å². The summed E-state index contributed by atoms with van der Waals surface area (Å²) < 4.78 is 22.5. The van der Waals surface area contributed by atoms with E-state index >= 15 is 0 Å². The predicted octanol–water partition coefficient (Wildman–Crippen LogP) is 0.468. The van der Waals surface area contributed by atoms with Gasteiger partial charge in [-0.25, -0.2) is 5.06 Å². The maximum atomic E-state index is 12.6. The molecule has 1 saturated heterocycles. The normalized spacial score (nSPS) is 25.5. The number of aliphatic hydroxyl groups is 1. The van der Waals surface area contributed by atoms with Crippen LogP contribution in [0.2, 0.25) is 0 Å². The van der Waals surface area contributed by atoms with Gasteiger partial charge >= 0.3 is 0 Å². The van der Waals surface area contributed by atoms with Gasteiger partial charge in [0.1, 0.15) is 17.8 Å². The van der Waals surface area contributed by atoms with E-state index in [-0.39, 0.29) is 19.8 Å². The fourth-order valence-corrected chi connectivity index (χ4v) is 3.05. The molecule has 1 aliphatic rings. The number of ether oxygens (including phenoxy) is 2. The van der Waals surface area contributed by atoms with Crippen molar-refractivity contribution in [1.82, 2.24) is 10.4 Å². The van der Waals surface area contributed by atoms with E-state index in [0.29, 0.717) is 5.06 Å². The molecular weight excluding hydrogens is 393 g/mol. The van der Waals surface area contributed by atoms with Crippen molar-refractivity contribution in [2.45, 2.75) is 12.1 Å². The van der Waals surface area contributed by atoms with Crippen LogP contribution in [0, 0.1) is 10.3 Å². The summed E-state index contributed by atoms with van der Waals surface area (Å²) in [6.45, 7) is -0.635. The van der Waals surface area contributed by atoms with Crippen molar-refractivity contribution in [3.8, 4) is 0 Å². The fraction of sp³-hybridized carbons (Fsp3) is 0.562. The number of hydrogen-bond acceptors (Lipinski definition) is 9. The Hall–Kier alpha value is -1.72. The van der Waals surface area contributed by atoms with E-state index in [1.54, 1.807) is 24.3 Å². The Kier molecular flexibility index (Phi) is 7.79. The van der Waals surface area contributed by atoms with E-state index in [2.05, 4.69) is 10.5 Å². The number of nitrogens with zero attached hydrogens (tertiary/aromatic N) is 2. The summed E-state index contributed by atoms with van der Waals surface area (Å²) in [6, 6.07) is 9.02.